The van der Waals surface area contributed by atoms with Gasteiger partial charge < -0.3 is 0 Å². The van der Waals surface area contributed by atoms with E-state index in [0.717, 1.165) is 16.5 Å². The Bertz CT molecular complexity index is 373. The van der Waals surface area contributed by atoms with Crippen LogP contribution in [0.2, 0.25) is 5.02 Å². The van der Waals surface area contributed by atoms with Crippen LogP contribution >= 0.6 is 27.5 Å². The van der Waals surface area contributed by atoms with Crippen molar-refractivity contribution in [2.24, 2.45) is 0 Å². The molecule has 0 amide bonds. The van der Waals surface area contributed by atoms with Crippen LogP contribution in [0.15, 0.2) is 16.6 Å². The lowest BCUT2D eigenvalue weighted by molar-refractivity contribution is -0.118. The maximum absolute atomic E-state index is 11.2. The Kier molecular flexibility index (Phi) is 2.43. The molecule has 0 atom stereocenters. The molecule has 1 aliphatic carbocycles. The summed E-state index contributed by atoms with van der Waals surface area (Å²) >= 11 is 9.42. The molecule has 0 fully saturated rings. The maximum atomic E-state index is 11.2. The number of halogens is 2. The van der Waals surface area contributed by atoms with E-state index in [-0.39, 0.29) is 5.78 Å². The van der Waals surface area contributed by atoms with Gasteiger partial charge in [0.25, 0.3) is 0 Å². The third-order valence-corrected chi connectivity index (χ3v) is 3.09. The van der Waals surface area contributed by atoms with Crippen molar-refractivity contribution in [3.8, 4) is 0 Å². The Balaban J connectivity index is 2.53. The van der Waals surface area contributed by atoms with Crippen molar-refractivity contribution < 1.29 is 4.79 Å². The zero-order valence-corrected chi connectivity index (χ0v) is 9.28. The van der Waals surface area contributed by atoms with E-state index in [0.29, 0.717) is 17.9 Å². The molecule has 0 radical (unpaired) electrons. The first kappa shape index (κ1) is 9.22. The van der Waals surface area contributed by atoms with Crippen LogP contribution < -0.4 is 0 Å². The number of carbonyl (C=O) groups excluding carboxylic acids is 1. The number of hydrogen-bond donors (Lipinski definition) is 0. The number of aryl methyl sites for hydroxylation is 1. The van der Waals surface area contributed by atoms with Crippen molar-refractivity contribution in [3.63, 3.8) is 0 Å². The predicted molar refractivity (Wildman–Crippen MR) is 56.2 cm³/mol. The highest BCUT2D eigenvalue weighted by Gasteiger charge is 2.18. The largest absolute Gasteiger partial charge is 0.299 e. The molecule has 1 aromatic rings. The molecule has 0 bridgehead atoms. The molecule has 0 aliphatic heterocycles. The molecule has 0 aromatic heterocycles. The van der Waals surface area contributed by atoms with E-state index in [1.807, 2.05) is 12.1 Å². The number of hydrogen-bond acceptors (Lipinski definition) is 1. The molecule has 3 heteroatoms. The van der Waals surface area contributed by atoms with E-state index in [1.54, 1.807) is 0 Å². The third kappa shape index (κ3) is 1.79. The molecule has 2 rings (SSSR count). The van der Waals surface area contributed by atoms with Crippen LogP contribution in [0.4, 0.5) is 0 Å². The summed E-state index contributed by atoms with van der Waals surface area (Å²) in [5.41, 5.74) is 2.22. The van der Waals surface area contributed by atoms with E-state index in [2.05, 4.69) is 15.9 Å². The fourth-order valence-electron chi connectivity index (χ4n) is 1.64. The molecule has 1 nitrogen and oxygen atoms in total. The SMILES string of the molecule is O=C1CCc2cc(Br)cc(Cl)c2C1. The van der Waals surface area contributed by atoms with Crippen LogP contribution in [0.1, 0.15) is 17.5 Å². The summed E-state index contributed by atoms with van der Waals surface area (Å²) < 4.78 is 0.991. The maximum Gasteiger partial charge on any atom is 0.137 e. The molecular weight excluding hydrogens is 251 g/mol. The van der Waals surface area contributed by atoms with Gasteiger partial charge in [-0.2, -0.15) is 0 Å². The van der Waals surface area contributed by atoms with Crippen molar-refractivity contribution >= 4 is 33.3 Å². The highest BCUT2D eigenvalue weighted by molar-refractivity contribution is 9.10. The summed E-state index contributed by atoms with van der Waals surface area (Å²) in [4.78, 5) is 11.2. The summed E-state index contributed by atoms with van der Waals surface area (Å²) in [5, 5.41) is 0.706. The molecule has 0 unspecified atom stereocenters. The van der Waals surface area contributed by atoms with Gasteiger partial charge in [0.1, 0.15) is 5.78 Å². The molecule has 68 valence electrons. The Morgan fingerprint density at radius 2 is 2.08 bits per heavy atom. The van der Waals surface area contributed by atoms with Crippen LogP contribution in [0, 0.1) is 0 Å². The molecule has 1 aromatic carbocycles. The zero-order valence-electron chi connectivity index (χ0n) is 6.94. The predicted octanol–water partition coefficient (Wildman–Crippen LogP) is 3.16. The van der Waals surface area contributed by atoms with Gasteiger partial charge in [0, 0.05) is 22.3 Å². The topological polar surface area (TPSA) is 17.1 Å². The first-order valence-corrected chi connectivity index (χ1v) is 5.32. The van der Waals surface area contributed by atoms with E-state index in [4.69, 9.17) is 11.6 Å². The quantitative estimate of drug-likeness (QED) is 0.699. The second kappa shape index (κ2) is 3.43. The van der Waals surface area contributed by atoms with E-state index in [9.17, 15) is 4.79 Å². The van der Waals surface area contributed by atoms with Crippen LogP contribution in [-0.4, -0.2) is 5.78 Å². The molecule has 0 N–H and O–H groups in total. The molecule has 0 spiro atoms. The second-order valence-electron chi connectivity index (χ2n) is 3.24. The molecule has 0 heterocycles. The first-order valence-electron chi connectivity index (χ1n) is 4.15. The van der Waals surface area contributed by atoms with Gasteiger partial charge in [0.2, 0.25) is 0 Å². The van der Waals surface area contributed by atoms with Crippen molar-refractivity contribution in [2.75, 3.05) is 0 Å². The minimum atomic E-state index is 0.289. The summed E-state index contributed by atoms with van der Waals surface area (Å²) in [6, 6.07) is 3.90. The van der Waals surface area contributed by atoms with Gasteiger partial charge in [-0.25, -0.2) is 0 Å². The van der Waals surface area contributed by atoms with Gasteiger partial charge in [-0.1, -0.05) is 27.5 Å². The van der Waals surface area contributed by atoms with Crippen molar-refractivity contribution in [1.82, 2.24) is 0 Å². The van der Waals surface area contributed by atoms with Gasteiger partial charge in [0.15, 0.2) is 0 Å². The van der Waals surface area contributed by atoms with Crippen LogP contribution in [0.25, 0.3) is 0 Å². The smallest absolute Gasteiger partial charge is 0.137 e. The lowest BCUT2D eigenvalue weighted by atomic mass is 9.91. The number of rotatable bonds is 0. The number of ketones is 1. The van der Waals surface area contributed by atoms with Crippen molar-refractivity contribution in [1.29, 1.82) is 0 Å². The van der Waals surface area contributed by atoms with Crippen molar-refractivity contribution in [3.05, 3.63) is 32.8 Å². The molecule has 13 heavy (non-hydrogen) atoms. The number of Topliss-reactive ketones (excluding diaryl/α,β-unsaturated/α-hetero) is 1. The summed E-state index contributed by atoms with van der Waals surface area (Å²) in [6.07, 6.45) is 1.98. The fourth-order valence-corrected chi connectivity index (χ4v) is 2.58. The van der Waals surface area contributed by atoms with Crippen LogP contribution in [-0.2, 0) is 17.6 Å². The molecule has 1 aliphatic rings. The van der Waals surface area contributed by atoms with Gasteiger partial charge in [-0.15, -0.1) is 0 Å². The Hall–Kier alpha value is -0.340. The summed E-state index contributed by atoms with van der Waals surface area (Å²) in [5.74, 6) is 0.289. The van der Waals surface area contributed by atoms with E-state index < -0.39 is 0 Å². The second-order valence-corrected chi connectivity index (χ2v) is 4.56. The summed E-state index contributed by atoms with van der Waals surface area (Å²) in [7, 11) is 0. The minimum absolute atomic E-state index is 0.289. The lowest BCUT2D eigenvalue weighted by Gasteiger charge is -2.16. The van der Waals surface area contributed by atoms with Gasteiger partial charge in [-0.3, -0.25) is 4.79 Å². The zero-order chi connectivity index (χ0) is 9.42. The number of carbonyl (C=O) groups is 1. The highest BCUT2D eigenvalue weighted by Crippen LogP contribution is 2.29. The Morgan fingerprint density at radius 3 is 2.85 bits per heavy atom. The highest BCUT2D eigenvalue weighted by atomic mass is 79.9. The van der Waals surface area contributed by atoms with Gasteiger partial charge >= 0.3 is 0 Å². The Labute approximate surface area is 90.2 Å². The minimum Gasteiger partial charge on any atom is -0.299 e. The molecule has 0 saturated heterocycles. The lowest BCUT2D eigenvalue weighted by Crippen LogP contribution is -2.13. The van der Waals surface area contributed by atoms with Gasteiger partial charge in [0.05, 0.1) is 0 Å². The molecular formula is C10H8BrClO. The molecule has 0 saturated carbocycles. The van der Waals surface area contributed by atoms with Crippen LogP contribution in [0.3, 0.4) is 0 Å². The van der Waals surface area contributed by atoms with E-state index >= 15 is 0 Å². The van der Waals surface area contributed by atoms with E-state index in [1.165, 1.54) is 5.56 Å². The van der Waals surface area contributed by atoms with Gasteiger partial charge in [-0.05, 0) is 29.7 Å². The third-order valence-electron chi connectivity index (χ3n) is 2.30. The van der Waals surface area contributed by atoms with Crippen molar-refractivity contribution in [2.45, 2.75) is 19.3 Å². The monoisotopic (exact) mass is 258 g/mol. The average molecular weight is 260 g/mol. The number of fused-ring (bicyclic) bond motifs is 1. The first-order chi connectivity index (χ1) is 6.16. The average Bonchev–Trinajstić information content (AvgIpc) is 2.06. The van der Waals surface area contributed by atoms with Crippen LogP contribution in [0.5, 0.6) is 0 Å². The Morgan fingerprint density at radius 1 is 1.31 bits per heavy atom. The number of benzene rings is 1. The fraction of sp³-hybridized carbons (Fsp3) is 0.300. The standard InChI is InChI=1S/C10H8BrClO/c11-7-3-6-1-2-8(13)5-9(6)10(12)4-7/h3-4H,1-2,5H2. The summed E-state index contributed by atoms with van der Waals surface area (Å²) in [6.45, 7) is 0. The normalized spacial score (nSPS) is 15.7.